The number of H-pyrrole nitrogens is 1. The minimum atomic E-state index is -0.206. The Balaban J connectivity index is 1.59. The van der Waals surface area contributed by atoms with Crippen molar-refractivity contribution in [3.8, 4) is 5.75 Å². The van der Waals surface area contributed by atoms with Crippen LogP contribution in [0, 0.1) is 0 Å². The van der Waals surface area contributed by atoms with Crippen molar-refractivity contribution in [3.05, 3.63) is 70.3 Å². The summed E-state index contributed by atoms with van der Waals surface area (Å²) in [7, 11) is 1.59. The van der Waals surface area contributed by atoms with E-state index < -0.39 is 0 Å². The second kappa shape index (κ2) is 9.64. The highest BCUT2D eigenvalue weighted by molar-refractivity contribution is 5.80. The molecule has 1 aliphatic carbocycles. The summed E-state index contributed by atoms with van der Waals surface area (Å²) in [5.41, 5.74) is 1.96. The SMILES string of the molecule is COc1ccc2cc(CN(Cc3cccnc3)C(=O)NC3CCCCC3)c(=O)[nH]c2c1. The number of nitrogens with zero attached hydrogens (tertiary/aromatic N) is 2. The van der Waals surface area contributed by atoms with Gasteiger partial charge in [0.05, 0.1) is 19.2 Å². The largest absolute Gasteiger partial charge is 0.497 e. The number of aromatic amines is 1. The zero-order valence-corrected chi connectivity index (χ0v) is 17.8. The smallest absolute Gasteiger partial charge is 0.318 e. The van der Waals surface area contributed by atoms with Gasteiger partial charge in [-0.15, -0.1) is 0 Å². The van der Waals surface area contributed by atoms with Crippen LogP contribution in [-0.2, 0) is 13.1 Å². The summed E-state index contributed by atoms with van der Waals surface area (Å²) in [6, 6.07) is 11.2. The maximum atomic E-state index is 13.1. The predicted molar refractivity (Wildman–Crippen MR) is 120 cm³/mol. The second-order valence-electron chi connectivity index (χ2n) is 8.08. The Hall–Kier alpha value is -3.35. The van der Waals surface area contributed by atoms with Crippen LogP contribution in [0.25, 0.3) is 10.9 Å². The fourth-order valence-corrected chi connectivity index (χ4v) is 4.10. The number of hydrogen-bond donors (Lipinski definition) is 2. The Labute approximate surface area is 181 Å². The molecule has 0 radical (unpaired) electrons. The van der Waals surface area contributed by atoms with E-state index in [0.717, 1.165) is 36.6 Å². The zero-order valence-electron chi connectivity index (χ0n) is 17.8. The van der Waals surface area contributed by atoms with E-state index in [4.69, 9.17) is 4.74 Å². The lowest BCUT2D eigenvalue weighted by molar-refractivity contribution is 0.184. The van der Waals surface area contributed by atoms with Gasteiger partial charge in [-0.3, -0.25) is 9.78 Å². The molecule has 3 aromatic rings. The van der Waals surface area contributed by atoms with Crippen molar-refractivity contribution in [1.82, 2.24) is 20.2 Å². The van der Waals surface area contributed by atoms with Gasteiger partial charge in [0.2, 0.25) is 0 Å². The summed E-state index contributed by atoms with van der Waals surface area (Å²) >= 11 is 0. The Morgan fingerprint density at radius 1 is 1.19 bits per heavy atom. The summed E-state index contributed by atoms with van der Waals surface area (Å²) in [5.74, 6) is 0.681. The second-order valence-corrected chi connectivity index (χ2v) is 8.08. The number of ether oxygens (including phenoxy) is 1. The molecule has 0 atom stereocenters. The Kier molecular flexibility index (Phi) is 6.50. The maximum Gasteiger partial charge on any atom is 0.318 e. The summed E-state index contributed by atoms with van der Waals surface area (Å²) < 4.78 is 5.24. The molecule has 0 aliphatic heterocycles. The number of aromatic nitrogens is 2. The lowest BCUT2D eigenvalue weighted by Gasteiger charge is -2.28. The Morgan fingerprint density at radius 3 is 2.77 bits per heavy atom. The van der Waals surface area contributed by atoms with E-state index in [1.165, 1.54) is 6.42 Å². The van der Waals surface area contributed by atoms with E-state index in [1.807, 2.05) is 30.3 Å². The van der Waals surface area contributed by atoms with Crippen LogP contribution in [0.1, 0.15) is 43.2 Å². The monoisotopic (exact) mass is 420 g/mol. The molecule has 7 heteroatoms. The predicted octanol–water partition coefficient (Wildman–Crippen LogP) is 3.98. The first-order chi connectivity index (χ1) is 15.1. The van der Waals surface area contributed by atoms with Gasteiger partial charge in [-0.25, -0.2) is 4.79 Å². The van der Waals surface area contributed by atoms with Crippen molar-refractivity contribution < 1.29 is 9.53 Å². The number of amides is 2. The third-order valence-electron chi connectivity index (χ3n) is 5.81. The average Bonchev–Trinajstić information content (AvgIpc) is 2.80. The molecule has 7 nitrogen and oxygen atoms in total. The average molecular weight is 421 g/mol. The minimum absolute atomic E-state index is 0.148. The third kappa shape index (κ3) is 5.23. The first-order valence-electron chi connectivity index (χ1n) is 10.8. The van der Waals surface area contributed by atoms with Crippen LogP contribution < -0.4 is 15.6 Å². The molecule has 2 N–H and O–H groups in total. The Bertz CT molecular complexity index is 1090. The van der Waals surface area contributed by atoms with Gasteiger partial charge in [0, 0.05) is 36.6 Å². The van der Waals surface area contributed by atoms with Crippen LogP contribution in [0.3, 0.4) is 0 Å². The van der Waals surface area contributed by atoms with Gasteiger partial charge in [-0.05, 0) is 48.1 Å². The highest BCUT2D eigenvalue weighted by atomic mass is 16.5. The van der Waals surface area contributed by atoms with Crippen LogP contribution in [0.4, 0.5) is 4.79 Å². The molecule has 31 heavy (non-hydrogen) atoms. The molecular weight excluding hydrogens is 392 g/mol. The van der Waals surface area contributed by atoms with Crippen LogP contribution in [0.2, 0.25) is 0 Å². The van der Waals surface area contributed by atoms with Crippen molar-refractivity contribution in [2.24, 2.45) is 0 Å². The van der Waals surface area contributed by atoms with Crippen molar-refractivity contribution in [3.63, 3.8) is 0 Å². The molecule has 0 spiro atoms. The highest BCUT2D eigenvalue weighted by Gasteiger charge is 2.21. The summed E-state index contributed by atoms with van der Waals surface area (Å²) in [6.07, 6.45) is 8.97. The molecule has 162 valence electrons. The van der Waals surface area contributed by atoms with Crippen LogP contribution in [-0.4, -0.2) is 34.1 Å². The fourth-order valence-electron chi connectivity index (χ4n) is 4.10. The number of carbonyl (C=O) groups is 1. The molecule has 4 rings (SSSR count). The summed E-state index contributed by atoms with van der Waals surface area (Å²) in [5, 5.41) is 4.06. The number of methoxy groups -OCH3 is 1. The molecular formula is C24H28N4O3. The number of nitrogens with one attached hydrogen (secondary N) is 2. The number of pyridine rings is 2. The minimum Gasteiger partial charge on any atom is -0.497 e. The molecule has 0 saturated heterocycles. The van der Waals surface area contributed by atoms with E-state index in [1.54, 1.807) is 30.5 Å². The van der Waals surface area contributed by atoms with E-state index in [0.29, 0.717) is 23.4 Å². The summed E-state index contributed by atoms with van der Waals surface area (Å²) in [6.45, 7) is 0.594. The third-order valence-corrected chi connectivity index (χ3v) is 5.81. The molecule has 1 aliphatic rings. The van der Waals surface area contributed by atoms with Crippen molar-refractivity contribution in [2.45, 2.75) is 51.2 Å². The van der Waals surface area contributed by atoms with Crippen LogP contribution in [0.5, 0.6) is 5.75 Å². The summed E-state index contributed by atoms with van der Waals surface area (Å²) in [4.78, 5) is 34.7. The number of carbonyl (C=O) groups excluding carboxylic acids is 1. The van der Waals surface area contributed by atoms with Crippen molar-refractivity contribution in [1.29, 1.82) is 0 Å². The lowest BCUT2D eigenvalue weighted by Crippen LogP contribution is -2.45. The maximum absolute atomic E-state index is 13.1. The molecule has 2 aromatic heterocycles. The van der Waals surface area contributed by atoms with Crippen LogP contribution in [0.15, 0.2) is 53.6 Å². The number of rotatable bonds is 6. The molecule has 1 saturated carbocycles. The molecule has 0 bridgehead atoms. The quantitative estimate of drug-likeness (QED) is 0.632. The topological polar surface area (TPSA) is 87.3 Å². The van der Waals surface area contributed by atoms with Crippen LogP contribution >= 0.6 is 0 Å². The van der Waals surface area contributed by atoms with Gasteiger partial charge in [0.15, 0.2) is 0 Å². The molecule has 0 unspecified atom stereocenters. The van der Waals surface area contributed by atoms with Gasteiger partial charge in [0.25, 0.3) is 5.56 Å². The molecule has 2 heterocycles. The van der Waals surface area contributed by atoms with Gasteiger partial charge in [-0.2, -0.15) is 0 Å². The van der Waals surface area contributed by atoms with E-state index in [2.05, 4.69) is 15.3 Å². The van der Waals surface area contributed by atoms with E-state index in [9.17, 15) is 9.59 Å². The van der Waals surface area contributed by atoms with Crippen molar-refractivity contribution >= 4 is 16.9 Å². The molecule has 2 amide bonds. The zero-order chi connectivity index (χ0) is 21.6. The number of fused-ring (bicyclic) bond motifs is 1. The van der Waals surface area contributed by atoms with Gasteiger partial charge in [0.1, 0.15) is 5.75 Å². The number of hydrogen-bond acceptors (Lipinski definition) is 4. The first kappa shape index (κ1) is 20.9. The van der Waals surface area contributed by atoms with Crippen molar-refractivity contribution in [2.75, 3.05) is 7.11 Å². The number of urea groups is 1. The van der Waals surface area contributed by atoms with E-state index in [-0.39, 0.29) is 24.2 Å². The Morgan fingerprint density at radius 2 is 2.03 bits per heavy atom. The van der Waals surface area contributed by atoms with E-state index >= 15 is 0 Å². The fraction of sp³-hybridized carbons (Fsp3) is 0.375. The van der Waals surface area contributed by atoms with Gasteiger partial charge in [-0.1, -0.05) is 25.3 Å². The number of benzene rings is 1. The standard InChI is InChI=1S/C24H28N4O3/c1-31-21-10-9-18-12-19(23(29)27-22(18)13-21)16-28(15-17-6-5-11-25-14-17)24(30)26-20-7-3-2-4-8-20/h5-6,9-14,20H,2-4,7-8,15-16H2,1H3,(H,26,30)(H,27,29). The highest BCUT2D eigenvalue weighted by Crippen LogP contribution is 2.20. The lowest BCUT2D eigenvalue weighted by atomic mass is 9.96. The molecule has 1 aromatic carbocycles. The normalized spacial score (nSPS) is 14.4. The van der Waals surface area contributed by atoms with Gasteiger partial charge < -0.3 is 19.9 Å². The molecule has 1 fully saturated rings. The van der Waals surface area contributed by atoms with Gasteiger partial charge >= 0.3 is 6.03 Å². The first-order valence-corrected chi connectivity index (χ1v) is 10.8.